The highest BCUT2D eigenvalue weighted by atomic mass is 16.5. The second-order valence-corrected chi connectivity index (χ2v) is 7.41. The molecule has 1 rings (SSSR count). The summed E-state index contributed by atoms with van der Waals surface area (Å²) in [7, 11) is 5.65. The smallest absolute Gasteiger partial charge is 0.122 e. The highest BCUT2D eigenvalue weighted by molar-refractivity contribution is 6.08. The molecule has 0 bridgehead atoms. The van der Waals surface area contributed by atoms with E-state index in [1.165, 1.54) is 30.6 Å². The van der Waals surface area contributed by atoms with Crippen molar-refractivity contribution in [2.75, 3.05) is 6.51 Å². The second-order valence-electron chi connectivity index (χ2n) is 7.41. The van der Waals surface area contributed by atoms with Crippen LogP contribution in [0.2, 0.25) is 0 Å². The molecule has 0 N–H and O–H groups in total. The average Bonchev–Trinajstić information content (AvgIpc) is 2.11. The van der Waals surface area contributed by atoms with E-state index in [1.54, 1.807) is 0 Å². The van der Waals surface area contributed by atoms with Crippen LogP contribution in [0, 0.1) is 16.7 Å². The maximum absolute atomic E-state index is 5.88. The van der Waals surface area contributed by atoms with Crippen LogP contribution < -0.4 is 0 Å². The molecule has 1 atom stereocenters. The molecular formula is C16H29BO. The summed E-state index contributed by atoms with van der Waals surface area (Å²) in [6.07, 6.45) is 4.83. The molecule has 0 heterocycles. The molecular weight excluding hydrogens is 219 g/mol. The predicted octanol–water partition coefficient (Wildman–Crippen LogP) is 4.67. The molecule has 102 valence electrons. The Morgan fingerprint density at radius 1 is 1.22 bits per heavy atom. The van der Waals surface area contributed by atoms with Crippen LogP contribution in [0.4, 0.5) is 0 Å². The molecule has 1 fully saturated rings. The van der Waals surface area contributed by atoms with Crippen molar-refractivity contribution in [2.45, 2.75) is 67.2 Å². The first-order chi connectivity index (χ1) is 8.20. The molecule has 0 spiro atoms. The second kappa shape index (κ2) is 5.71. The fraction of sp³-hybridized carbons (Fsp3) is 0.875. The van der Waals surface area contributed by atoms with Gasteiger partial charge < -0.3 is 4.74 Å². The molecule has 1 aliphatic rings. The van der Waals surface area contributed by atoms with Crippen molar-refractivity contribution < 1.29 is 4.74 Å². The van der Waals surface area contributed by atoms with Crippen LogP contribution in [-0.2, 0) is 4.74 Å². The molecule has 0 amide bonds. The van der Waals surface area contributed by atoms with E-state index >= 15 is 0 Å². The minimum absolute atomic E-state index is 0.105. The number of allylic oxidation sites excluding steroid dienone is 2. The van der Waals surface area contributed by atoms with Gasteiger partial charge in [-0.3, -0.25) is 0 Å². The molecule has 1 saturated carbocycles. The zero-order valence-electron chi connectivity index (χ0n) is 13.1. The van der Waals surface area contributed by atoms with E-state index in [-0.39, 0.29) is 5.41 Å². The quantitative estimate of drug-likeness (QED) is 0.507. The third-order valence-corrected chi connectivity index (χ3v) is 4.20. The van der Waals surface area contributed by atoms with Gasteiger partial charge in [0.05, 0.1) is 0 Å². The van der Waals surface area contributed by atoms with Gasteiger partial charge in [0, 0.05) is 11.9 Å². The third kappa shape index (κ3) is 3.55. The largest absolute Gasteiger partial charge is 0.507 e. The maximum Gasteiger partial charge on any atom is 0.122 e. The molecule has 0 aromatic rings. The highest BCUT2D eigenvalue weighted by Gasteiger charge is 2.40. The van der Waals surface area contributed by atoms with E-state index in [0.717, 1.165) is 6.42 Å². The number of hydrogen-bond donors (Lipinski definition) is 0. The normalized spacial score (nSPS) is 19.4. The van der Waals surface area contributed by atoms with Crippen molar-refractivity contribution in [3.63, 3.8) is 0 Å². The van der Waals surface area contributed by atoms with Crippen LogP contribution in [0.5, 0.6) is 0 Å². The van der Waals surface area contributed by atoms with Crippen LogP contribution in [0.15, 0.2) is 11.3 Å². The zero-order chi connectivity index (χ0) is 14.0. The predicted molar refractivity (Wildman–Crippen MR) is 79.6 cm³/mol. The van der Waals surface area contributed by atoms with Gasteiger partial charge in [0.15, 0.2) is 0 Å². The number of ether oxygens (including phenoxy) is 1. The Balaban J connectivity index is 3.08. The molecule has 1 aliphatic carbocycles. The van der Waals surface area contributed by atoms with E-state index in [4.69, 9.17) is 12.6 Å². The summed E-state index contributed by atoms with van der Waals surface area (Å²) < 4.78 is 5.88. The third-order valence-electron chi connectivity index (χ3n) is 4.20. The molecule has 0 saturated heterocycles. The SMILES string of the molecule is [B]COC(=C1CCC1)C(C)(CC(C)(C)C)C(C)C. The van der Waals surface area contributed by atoms with E-state index < -0.39 is 0 Å². The summed E-state index contributed by atoms with van der Waals surface area (Å²) in [5.41, 5.74) is 1.90. The van der Waals surface area contributed by atoms with Crippen molar-refractivity contribution >= 4 is 7.85 Å². The van der Waals surface area contributed by atoms with Crippen molar-refractivity contribution in [3.05, 3.63) is 11.3 Å². The molecule has 1 nitrogen and oxygen atoms in total. The summed E-state index contributed by atoms with van der Waals surface area (Å²) in [5, 5.41) is 0. The van der Waals surface area contributed by atoms with Crippen LogP contribution in [-0.4, -0.2) is 14.4 Å². The lowest BCUT2D eigenvalue weighted by molar-refractivity contribution is 0.0778. The molecule has 2 heteroatoms. The lowest BCUT2D eigenvalue weighted by atomic mass is 9.65. The topological polar surface area (TPSA) is 9.23 Å². The van der Waals surface area contributed by atoms with Gasteiger partial charge in [0.2, 0.25) is 0 Å². The summed E-state index contributed by atoms with van der Waals surface area (Å²) >= 11 is 0. The van der Waals surface area contributed by atoms with Gasteiger partial charge in [0.1, 0.15) is 13.6 Å². The van der Waals surface area contributed by atoms with Crippen LogP contribution >= 0.6 is 0 Å². The van der Waals surface area contributed by atoms with Crippen LogP contribution in [0.3, 0.4) is 0 Å². The highest BCUT2D eigenvalue weighted by Crippen LogP contribution is 2.48. The Labute approximate surface area is 115 Å². The first kappa shape index (κ1) is 15.7. The van der Waals surface area contributed by atoms with Crippen LogP contribution in [0.1, 0.15) is 67.2 Å². The Kier molecular flexibility index (Phi) is 4.97. The van der Waals surface area contributed by atoms with E-state index in [2.05, 4.69) is 41.5 Å². The lowest BCUT2D eigenvalue weighted by Gasteiger charge is -2.43. The first-order valence-electron chi connectivity index (χ1n) is 7.26. The molecule has 18 heavy (non-hydrogen) atoms. The van der Waals surface area contributed by atoms with Crippen molar-refractivity contribution in [1.29, 1.82) is 0 Å². The monoisotopic (exact) mass is 248 g/mol. The van der Waals surface area contributed by atoms with Gasteiger partial charge in [-0.25, -0.2) is 0 Å². The Morgan fingerprint density at radius 2 is 1.78 bits per heavy atom. The van der Waals surface area contributed by atoms with Gasteiger partial charge in [0.25, 0.3) is 0 Å². The molecule has 0 aliphatic heterocycles. The summed E-state index contributed by atoms with van der Waals surface area (Å²) in [5.74, 6) is 1.76. The van der Waals surface area contributed by atoms with Crippen molar-refractivity contribution in [3.8, 4) is 0 Å². The molecule has 0 aromatic heterocycles. The Morgan fingerprint density at radius 3 is 2.06 bits per heavy atom. The Bertz CT molecular complexity index is 306. The van der Waals surface area contributed by atoms with Gasteiger partial charge in [-0.15, -0.1) is 0 Å². The minimum atomic E-state index is 0.105. The fourth-order valence-electron chi connectivity index (χ4n) is 2.98. The van der Waals surface area contributed by atoms with Crippen molar-refractivity contribution in [1.82, 2.24) is 0 Å². The molecule has 2 radical (unpaired) electrons. The van der Waals surface area contributed by atoms with E-state index in [1.807, 2.05) is 0 Å². The minimum Gasteiger partial charge on any atom is -0.507 e. The fourth-order valence-corrected chi connectivity index (χ4v) is 2.98. The summed E-state index contributed by atoms with van der Waals surface area (Å²) in [6.45, 7) is 14.2. The van der Waals surface area contributed by atoms with E-state index in [0.29, 0.717) is 17.8 Å². The first-order valence-corrected chi connectivity index (χ1v) is 7.26. The maximum atomic E-state index is 5.88. The summed E-state index contributed by atoms with van der Waals surface area (Å²) in [6, 6.07) is 0. The summed E-state index contributed by atoms with van der Waals surface area (Å²) in [4.78, 5) is 0. The van der Waals surface area contributed by atoms with Gasteiger partial charge in [-0.05, 0) is 42.6 Å². The molecule has 1 unspecified atom stereocenters. The number of hydrogen-bond acceptors (Lipinski definition) is 1. The van der Waals surface area contributed by atoms with Gasteiger partial charge in [-0.2, -0.15) is 0 Å². The average molecular weight is 248 g/mol. The lowest BCUT2D eigenvalue weighted by Crippen LogP contribution is -2.34. The molecule has 0 aromatic carbocycles. The van der Waals surface area contributed by atoms with Gasteiger partial charge >= 0.3 is 0 Å². The Hall–Kier alpha value is -0.395. The van der Waals surface area contributed by atoms with E-state index in [9.17, 15) is 0 Å². The standard InChI is InChI=1S/C16H29BO/c1-12(2)16(6,10-15(3,4)5)14(18-11-17)13-8-7-9-13/h12H,7-11H2,1-6H3. The zero-order valence-corrected chi connectivity index (χ0v) is 13.1. The number of rotatable bonds is 5. The van der Waals surface area contributed by atoms with Gasteiger partial charge in [-0.1, -0.05) is 41.5 Å². The van der Waals surface area contributed by atoms with Crippen molar-refractivity contribution in [2.24, 2.45) is 16.7 Å². The van der Waals surface area contributed by atoms with Crippen LogP contribution in [0.25, 0.3) is 0 Å².